The number of fused-ring (bicyclic) bond motifs is 3. The number of anilines is 1. The number of nitrogens with one attached hydrogen (secondary N) is 1. The number of hydrogen-bond acceptors (Lipinski definition) is 5. The van der Waals surface area contributed by atoms with E-state index in [0.29, 0.717) is 12.2 Å². The molecule has 0 saturated carbocycles. The molecule has 1 atom stereocenters. The van der Waals surface area contributed by atoms with Gasteiger partial charge < -0.3 is 4.74 Å². The van der Waals surface area contributed by atoms with Gasteiger partial charge >= 0.3 is 6.36 Å². The van der Waals surface area contributed by atoms with Crippen LogP contribution in [0.4, 0.5) is 19.0 Å². The van der Waals surface area contributed by atoms with Crippen molar-refractivity contribution in [3.8, 4) is 0 Å². The maximum Gasteiger partial charge on any atom is 0.573 e. The Morgan fingerprint density at radius 2 is 2.00 bits per heavy atom. The Hall–Kier alpha value is -4.14. The Kier molecular flexibility index (Phi) is 5.76. The molecular formula is C26H22F3N5O. The number of hydrogen-bond donors (Lipinski definition) is 1. The van der Waals surface area contributed by atoms with Gasteiger partial charge in [0.1, 0.15) is 17.1 Å². The first-order chi connectivity index (χ1) is 16.8. The number of ether oxygens (including phenoxy) is 1. The predicted octanol–water partition coefficient (Wildman–Crippen LogP) is 6.34. The van der Waals surface area contributed by atoms with Crippen molar-refractivity contribution in [2.45, 2.75) is 25.6 Å². The standard InChI is InChI=1S/C26H22F3N5O/c1-16-4-3-13-30-25(16)32-31-15-17-5-11-21-19(14-17)8-12-22-23(21)33-34(2)24(22)18-6-9-20(10-7-18)35-26(27,28)29/h3-6,8-15,18H,7H2,1-2H3,(H,30,32)/b31-15+. The third-order valence-corrected chi connectivity index (χ3v) is 5.93. The predicted molar refractivity (Wildman–Crippen MR) is 130 cm³/mol. The third-order valence-electron chi connectivity index (χ3n) is 5.93. The summed E-state index contributed by atoms with van der Waals surface area (Å²) < 4.78 is 43.3. The van der Waals surface area contributed by atoms with E-state index in [9.17, 15) is 13.2 Å². The largest absolute Gasteiger partial charge is 0.573 e. The molecule has 4 aromatic rings. The number of rotatable bonds is 5. The molecule has 2 heterocycles. The molecule has 1 aliphatic carbocycles. The smallest absolute Gasteiger partial charge is 0.406 e. The van der Waals surface area contributed by atoms with E-state index in [2.05, 4.69) is 20.2 Å². The van der Waals surface area contributed by atoms with Crippen LogP contribution in [0, 0.1) is 6.92 Å². The summed E-state index contributed by atoms with van der Waals surface area (Å²) in [5, 5.41) is 12.0. The molecule has 178 valence electrons. The van der Waals surface area contributed by atoms with Crippen LogP contribution in [0.25, 0.3) is 21.7 Å². The number of nitrogens with zero attached hydrogens (tertiary/aromatic N) is 4. The number of pyridine rings is 1. The van der Waals surface area contributed by atoms with Crippen molar-refractivity contribution in [2.24, 2.45) is 12.1 Å². The minimum Gasteiger partial charge on any atom is -0.406 e. The summed E-state index contributed by atoms with van der Waals surface area (Å²) >= 11 is 0. The van der Waals surface area contributed by atoms with Crippen molar-refractivity contribution in [3.05, 3.63) is 89.5 Å². The summed E-state index contributed by atoms with van der Waals surface area (Å²) in [5.74, 6) is 0.416. The summed E-state index contributed by atoms with van der Waals surface area (Å²) in [6.07, 6.45) is 3.71. The summed E-state index contributed by atoms with van der Waals surface area (Å²) in [5.41, 5.74) is 6.68. The zero-order valence-corrected chi connectivity index (χ0v) is 19.0. The highest BCUT2D eigenvalue weighted by Crippen LogP contribution is 2.36. The first-order valence-corrected chi connectivity index (χ1v) is 11.0. The zero-order chi connectivity index (χ0) is 24.6. The summed E-state index contributed by atoms with van der Waals surface area (Å²) in [6, 6.07) is 13.9. The second-order valence-corrected chi connectivity index (χ2v) is 8.35. The molecule has 6 nitrogen and oxygen atoms in total. The van der Waals surface area contributed by atoms with Crippen LogP contribution in [0.1, 0.15) is 29.2 Å². The second-order valence-electron chi connectivity index (χ2n) is 8.35. The van der Waals surface area contributed by atoms with Gasteiger partial charge in [-0.2, -0.15) is 10.2 Å². The normalized spacial score (nSPS) is 16.3. The summed E-state index contributed by atoms with van der Waals surface area (Å²) in [6.45, 7) is 1.96. The molecule has 35 heavy (non-hydrogen) atoms. The van der Waals surface area contributed by atoms with Gasteiger partial charge in [-0.3, -0.25) is 10.1 Å². The lowest BCUT2D eigenvalue weighted by molar-refractivity contribution is -0.303. The van der Waals surface area contributed by atoms with Crippen LogP contribution in [-0.4, -0.2) is 27.3 Å². The lowest BCUT2D eigenvalue weighted by atomic mass is 9.93. The fraction of sp³-hybridized carbons (Fsp3) is 0.192. The molecule has 9 heteroatoms. The number of aryl methyl sites for hydroxylation is 2. The van der Waals surface area contributed by atoms with Crippen molar-refractivity contribution in [1.82, 2.24) is 14.8 Å². The fourth-order valence-electron chi connectivity index (χ4n) is 4.33. The Morgan fingerprint density at radius 1 is 1.17 bits per heavy atom. The van der Waals surface area contributed by atoms with Crippen LogP contribution in [-0.2, 0) is 11.8 Å². The molecule has 1 N–H and O–H groups in total. The van der Waals surface area contributed by atoms with E-state index >= 15 is 0 Å². The third kappa shape index (κ3) is 4.75. The molecule has 5 rings (SSSR count). The Bertz CT molecular complexity index is 1500. The molecule has 2 aromatic heterocycles. The van der Waals surface area contributed by atoms with E-state index in [0.717, 1.165) is 38.5 Å². The lowest BCUT2D eigenvalue weighted by Gasteiger charge is -2.18. The molecular weight excluding hydrogens is 455 g/mol. The number of aromatic nitrogens is 3. The van der Waals surface area contributed by atoms with Gasteiger partial charge in [0.05, 0.1) is 11.9 Å². The highest BCUT2D eigenvalue weighted by Gasteiger charge is 2.32. The molecule has 0 amide bonds. The molecule has 2 aromatic carbocycles. The number of halogens is 3. The molecule has 0 radical (unpaired) electrons. The van der Waals surface area contributed by atoms with Gasteiger partial charge in [-0.15, -0.1) is 13.2 Å². The highest BCUT2D eigenvalue weighted by atomic mass is 19.4. The van der Waals surface area contributed by atoms with Crippen LogP contribution in [0.2, 0.25) is 0 Å². The molecule has 1 unspecified atom stereocenters. The quantitative estimate of drug-likeness (QED) is 0.269. The van der Waals surface area contributed by atoms with E-state index in [1.165, 1.54) is 12.2 Å². The van der Waals surface area contributed by atoms with Crippen LogP contribution in [0.5, 0.6) is 0 Å². The first-order valence-electron chi connectivity index (χ1n) is 11.0. The van der Waals surface area contributed by atoms with Gasteiger partial charge in [-0.25, -0.2) is 4.98 Å². The van der Waals surface area contributed by atoms with Crippen LogP contribution >= 0.6 is 0 Å². The summed E-state index contributed by atoms with van der Waals surface area (Å²) in [4.78, 5) is 4.26. The maximum atomic E-state index is 12.5. The average Bonchev–Trinajstić information content (AvgIpc) is 3.16. The van der Waals surface area contributed by atoms with Crippen molar-refractivity contribution in [3.63, 3.8) is 0 Å². The zero-order valence-electron chi connectivity index (χ0n) is 19.0. The Labute approximate surface area is 199 Å². The highest BCUT2D eigenvalue weighted by molar-refractivity contribution is 6.07. The molecule has 1 aliphatic rings. The van der Waals surface area contributed by atoms with E-state index < -0.39 is 6.36 Å². The van der Waals surface area contributed by atoms with Gasteiger partial charge in [0, 0.05) is 29.9 Å². The van der Waals surface area contributed by atoms with Gasteiger partial charge in [-0.1, -0.05) is 36.4 Å². The first kappa shape index (κ1) is 22.6. The van der Waals surface area contributed by atoms with E-state index in [1.807, 2.05) is 56.4 Å². The van der Waals surface area contributed by atoms with Gasteiger partial charge in [0.25, 0.3) is 0 Å². The molecule has 0 fully saturated rings. The van der Waals surface area contributed by atoms with Gasteiger partial charge in [0.15, 0.2) is 0 Å². The van der Waals surface area contributed by atoms with E-state index in [4.69, 9.17) is 5.10 Å². The van der Waals surface area contributed by atoms with Crippen molar-refractivity contribution >= 4 is 33.7 Å². The molecule has 0 aliphatic heterocycles. The topological polar surface area (TPSA) is 64.3 Å². The Balaban J connectivity index is 1.40. The lowest BCUT2D eigenvalue weighted by Crippen LogP contribution is -2.14. The van der Waals surface area contributed by atoms with Crippen molar-refractivity contribution in [1.29, 1.82) is 0 Å². The van der Waals surface area contributed by atoms with Crippen LogP contribution in [0.15, 0.2) is 77.8 Å². The molecule has 0 saturated heterocycles. The number of benzene rings is 2. The number of allylic oxidation sites excluding steroid dienone is 3. The van der Waals surface area contributed by atoms with Crippen LogP contribution in [0.3, 0.4) is 0 Å². The van der Waals surface area contributed by atoms with Crippen molar-refractivity contribution < 1.29 is 17.9 Å². The monoisotopic (exact) mass is 477 g/mol. The minimum absolute atomic E-state index is 0.101. The number of hydrazone groups is 1. The van der Waals surface area contributed by atoms with E-state index in [1.54, 1.807) is 23.2 Å². The summed E-state index contributed by atoms with van der Waals surface area (Å²) in [7, 11) is 1.85. The molecule has 0 bridgehead atoms. The van der Waals surface area contributed by atoms with Crippen LogP contribution < -0.4 is 5.43 Å². The number of alkyl halides is 3. The molecule has 0 spiro atoms. The van der Waals surface area contributed by atoms with Gasteiger partial charge in [-0.05, 0) is 54.1 Å². The van der Waals surface area contributed by atoms with E-state index in [-0.39, 0.29) is 11.7 Å². The average molecular weight is 477 g/mol. The Morgan fingerprint density at radius 3 is 2.74 bits per heavy atom. The fourth-order valence-corrected chi connectivity index (χ4v) is 4.33. The minimum atomic E-state index is -4.70. The van der Waals surface area contributed by atoms with Gasteiger partial charge in [0.2, 0.25) is 0 Å². The second kappa shape index (κ2) is 8.90. The van der Waals surface area contributed by atoms with Crippen molar-refractivity contribution in [2.75, 3.05) is 5.43 Å². The maximum absolute atomic E-state index is 12.5. The SMILES string of the molecule is Cc1cccnc1N/N=C/c1ccc2c(ccc3c(C4C=CC(OC(F)(F)F)=CC4)n(C)nc32)c1.